The van der Waals surface area contributed by atoms with Gasteiger partial charge >= 0.3 is 0 Å². The van der Waals surface area contributed by atoms with Gasteiger partial charge in [0.1, 0.15) is 22.5 Å². The number of benzene rings is 2. The van der Waals surface area contributed by atoms with Gasteiger partial charge < -0.3 is 10.2 Å². The Labute approximate surface area is 197 Å². The molecule has 0 saturated carbocycles. The number of aryl methyl sites for hydroxylation is 2. The Morgan fingerprint density at radius 1 is 0.613 bits per heavy atom. The average Bonchev–Trinajstić information content (AvgIpc) is 2.77. The van der Waals surface area contributed by atoms with Gasteiger partial charge in [-0.2, -0.15) is 0 Å². The van der Waals surface area contributed by atoms with Crippen LogP contribution in [0.4, 0.5) is 0 Å². The first-order valence-corrected chi connectivity index (χ1v) is 10.8. The Balaban J connectivity index is 0.000000213. The van der Waals surface area contributed by atoms with Crippen molar-refractivity contribution >= 4 is 21.8 Å². The summed E-state index contributed by atoms with van der Waals surface area (Å²) in [6.45, 7) is 4.33. The third-order valence-electron chi connectivity index (χ3n) is 5.09. The summed E-state index contributed by atoms with van der Waals surface area (Å²) in [5, 5.41) is 21.3. The fraction of sp³-hybridized carbons (Fsp3) is 0.308. The van der Waals surface area contributed by atoms with Crippen LogP contribution in [0.1, 0.15) is 50.9 Å². The van der Waals surface area contributed by atoms with E-state index in [0.29, 0.717) is 11.0 Å². The molecule has 0 atom stereocenters. The molecule has 0 spiro atoms. The van der Waals surface area contributed by atoms with E-state index in [-0.39, 0.29) is 31.0 Å². The maximum atomic E-state index is 9.66. The van der Waals surface area contributed by atoms with Crippen LogP contribution in [0, 0.1) is 0 Å². The number of phenols is 2. The van der Waals surface area contributed by atoms with E-state index in [1.807, 2.05) is 48.5 Å². The number of aromatic nitrogens is 2. The van der Waals surface area contributed by atoms with Crippen molar-refractivity contribution < 1.29 is 29.7 Å². The maximum Gasteiger partial charge on any atom is 0.141 e. The van der Waals surface area contributed by atoms with Crippen molar-refractivity contribution in [2.24, 2.45) is 0 Å². The molecular formula is C26H30N2O2Zn. The summed E-state index contributed by atoms with van der Waals surface area (Å²) in [5.74, 6) is 0.539. The van der Waals surface area contributed by atoms with E-state index < -0.39 is 0 Å². The number of phenolic OH excluding ortho intramolecular Hbond substituents is 2. The molecule has 0 aliphatic rings. The van der Waals surface area contributed by atoms with E-state index in [2.05, 4.69) is 23.8 Å². The molecule has 31 heavy (non-hydrogen) atoms. The van der Waals surface area contributed by atoms with Crippen molar-refractivity contribution in [2.45, 2.75) is 52.4 Å². The summed E-state index contributed by atoms with van der Waals surface area (Å²) in [6, 6.07) is 19.1. The summed E-state index contributed by atoms with van der Waals surface area (Å²) in [4.78, 5) is 8.92. The van der Waals surface area contributed by atoms with Gasteiger partial charge in [0.2, 0.25) is 0 Å². The first-order chi connectivity index (χ1) is 14.6. The van der Waals surface area contributed by atoms with Gasteiger partial charge in [-0.25, -0.2) is 9.97 Å². The van der Waals surface area contributed by atoms with Gasteiger partial charge in [0.05, 0.1) is 0 Å². The molecule has 0 saturated heterocycles. The fourth-order valence-corrected chi connectivity index (χ4v) is 3.34. The normalized spacial score (nSPS) is 10.4. The van der Waals surface area contributed by atoms with Crippen molar-refractivity contribution in [3.05, 3.63) is 72.1 Å². The zero-order valence-electron chi connectivity index (χ0n) is 18.5. The second-order valence-corrected chi connectivity index (χ2v) is 7.51. The van der Waals surface area contributed by atoms with Gasteiger partial charge in [-0.1, -0.05) is 63.1 Å². The Bertz CT molecular complexity index is 1030. The minimum Gasteiger partial charge on any atom is -0.506 e. The molecule has 0 radical (unpaired) electrons. The zero-order valence-corrected chi connectivity index (χ0v) is 21.5. The summed E-state index contributed by atoms with van der Waals surface area (Å²) < 4.78 is 0. The van der Waals surface area contributed by atoms with Crippen molar-refractivity contribution in [3.63, 3.8) is 0 Å². The van der Waals surface area contributed by atoms with Crippen LogP contribution in [0.2, 0.25) is 0 Å². The zero-order chi connectivity index (χ0) is 21.3. The van der Waals surface area contributed by atoms with Crippen molar-refractivity contribution in [1.82, 2.24) is 9.97 Å². The molecule has 4 rings (SSSR count). The van der Waals surface area contributed by atoms with Crippen molar-refractivity contribution in [1.29, 1.82) is 0 Å². The molecule has 0 fully saturated rings. The monoisotopic (exact) mass is 466 g/mol. The van der Waals surface area contributed by atoms with Crippen LogP contribution < -0.4 is 0 Å². The van der Waals surface area contributed by atoms with E-state index in [9.17, 15) is 10.2 Å². The second-order valence-electron chi connectivity index (χ2n) is 7.51. The summed E-state index contributed by atoms with van der Waals surface area (Å²) in [6.07, 6.45) is 6.60. The molecule has 4 aromatic rings. The Morgan fingerprint density at radius 3 is 1.42 bits per heavy atom. The van der Waals surface area contributed by atoms with Crippen LogP contribution in [0.3, 0.4) is 0 Å². The smallest absolute Gasteiger partial charge is 0.141 e. The molecule has 5 heteroatoms. The predicted molar refractivity (Wildman–Crippen MR) is 124 cm³/mol. The number of para-hydroxylation sites is 2. The molecule has 2 aromatic carbocycles. The number of nitrogens with zero attached hydrogens (tertiary/aromatic N) is 2. The van der Waals surface area contributed by atoms with E-state index in [4.69, 9.17) is 0 Å². The average molecular weight is 468 g/mol. The number of hydrogen-bond donors (Lipinski definition) is 2. The molecule has 158 valence electrons. The first kappa shape index (κ1) is 24.8. The quantitative estimate of drug-likeness (QED) is 0.315. The van der Waals surface area contributed by atoms with E-state index >= 15 is 0 Å². The van der Waals surface area contributed by atoms with Crippen LogP contribution in [0.15, 0.2) is 60.7 Å². The largest absolute Gasteiger partial charge is 0.506 e. The maximum absolute atomic E-state index is 9.66. The fourth-order valence-electron chi connectivity index (χ4n) is 3.34. The van der Waals surface area contributed by atoms with Gasteiger partial charge in [-0.15, -0.1) is 0 Å². The number of unbranched alkanes of at least 4 members (excludes halogenated alkanes) is 2. The predicted octanol–water partition coefficient (Wildman–Crippen LogP) is 6.56. The minimum absolute atomic E-state index is 0. The number of pyridine rings is 2. The number of rotatable bonds is 6. The Kier molecular flexibility index (Phi) is 9.87. The summed E-state index contributed by atoms with van der Waals surface area (Å²) in [5.41, 5.74) is 3.55. The molecule has 2 N–H and O–H groups in total. The molecule has 0 unspecified atom stereocenters. The third kappa shape index (κ3) is 6.73. The standard InChI is InChI=1S/2C13H15NO.Zn/c2*1-2-3-6-11-9-8-10-5-4-7-12(15)13(10)14-11;/h2*4-5,7-9,15H,2-3,6H2,1H3;. The topological polar surface area (TPSA) is 66.2 Å². The van der Waals surface area contributed by atoms with Crippen LogP contribution in [0.5, 0.6) is 11.5 Å². The third-order valence-corrected chi connectivity index (χ3v) is 5.09. The second kappa shape index (κ2) is 12.4. The van der Waals surface area contributed by atoms with Gasteiger partial charge in [-0.05, 0) is 49.9 Å². The molecule has 0 aliphatic heterocycles. The Hall–Kier alpha value is -2.52. The first-order valence-electron chi connectivity index (χ1n) is 10.8. The SMILES string of the molecule is CCCCc1ccc2cccc(O)c2n1.CCCCc1ccc2cccc(O)c2n1.[Zn]. The number of hydrogen-bond acceptors (Lipinski definition) is 4. The molecule has 2 heterocycles. The molecule has 0 amide bonds. The van der Waals surface area contributed by atoms with E-state index in [0.717, 1.165) is 47.8 Å². The van der Waals surface area contributed by atoms with Crippen molar-refractivity contribution in [2.75, 3.05) is 0 Å². The van der Waals surface area contributed by atoms with Gasteiger partial charge in [-0.3, -0.25) is 0 Å². The van der Waals surface area contributed by atoms with Crippen LogP contribution in [-0.2, 0) is 32.3 Å². The van der Waals surface area contributed by atoms with Gasteiger partial charge in [0.25, 0.3) is 0 Å². The van der Waals surface area contributed by atoms with Gasteiger partial charge in [0, 0.05) is 41.6 Å². The van der Waals surface area contributed by atoms with Gasteiger partial charge in [0.15, 0.2) is 0 Å². The van der Waals surface area contributed by atoms with Crippen LogP contribution in [0.25, 0.3) is 21.8 Å². The molecular weight excluding hydrogens is 438 g/mol. The molecule has 2 aromatic heterocycles. The Morgan fingerprint density at radius 2 is 1.03 bits per heavy atom. The minimum atomic E-state index is 0. The van der Waals surface area contributed by atoms with Crippen molar-refractivity contribution in [3.8, 4) is 11.5 Å². The molecule has 0 aliphatic carbocycles. The van der Waals surface area contributed by atoms with Crippen LogP contribution in [-0.4, -0.2) is 20.2 Å². The van der Waals surface area contributed by atoms with Crippen LogP contribution >= 0.6 is 0 Å². The number of aromatic hydroxyl groups is 2. The summed E-state index contributed by atoms with van der Waals surface area (Å²) >= 11 is 0. The number of fused-ring (bicyclic) bond motifs is 2. The van der Waals surface area contributed by atoms with E-state index in [1.165, 1.54) is 12.8 Å². The van der Waals surface area contributed by atoms with E-state index in [1.54, 1.807) is 12.1 Å². The molecule has 4 nitrogen and oxygen atoms in total. The summed E-state index contributed by atoms with van der Waals surface area (Å²) in [7, 11) is 0. The molecule has 0 bridgehead atoms.